The molecule has 0 amide bonds. The first-order valence-electron chi connectivity index (χ1n) is 3.92. The fraction of sp³-hybridized carbons (Fsp3) is 0.222. The molecule has 0 aromatic heterocycles. The van der Waals surface area contributed by atoms with Crippen molar-refractivity contribution in [3.05, 3.63) is 33.7 Å². The van der Waals surface area contributed by atoms with Crippen LogP contribution in [0.3, 0.4) is 0 Å². The molecule has 0 N–H and O–H groups in total. The lowest BCUT2D eigenvalue weighted by Crippen LogP contribution is -1.94. The van der Waals surface area contributed by atoms with E-state index in [2.05, 4.69) is 4.85 Å². The first kappa shape index (κ1) is 10.8. The number of rotatable bonds is 3. The van der Waals surface area contributed by atoms with Gasteiger partial charge in [0, 0.05) is 0 Å². The van der Waals surface area contributed by atoms with E-state index in [1.165, 1.54) is 26.4 Å². The van der Waals surface area contributed by atoms with Crippen LogP contribution in [0.25, 0.3) is 4.85 Å². The van der Waals surface area contributed by atoms with Gasteiger partial charge in [-0.05, 0) is 6.07 Å². The number of ether oxygens (including phenoxy) is 2. The van der Waals surface area contributed by atoms with Gasteiger partial charge < -0.3 is 9.47 Å². The maximum Gasteiger partial charge on any atom is 0.311 e. The molecule has 0 bridgehead atoms. The quantitative estimate of drug-likeness (QED) is 0.433. The van der Waals surface area contributed by atoms with E-state index in [1.807, 2.05) is 0 Å². The van der Waals surface area contributed by atoms with Crippen molar-refractivity contribution < 1.29 is 14.4 Å². The van der Waals surface area contributed by atoms with Crippen LogP contribution in [0.4, 0.5) is 11.4 Å². The zero-order valence-corrected chi connectivity index (χ0v) is 8.18. The van der Waals surface area contributed by atoms with Gasteiger partial charge in [-0.3, -0.25) is 10.1 Å². The van der Waals surface area contributed by atoms with Gasteiger partial charge in [0.15, 0.2) is 5.75 Å². The minimum absolute atomic E-state index is 0.0480. The fourth-order valence-corrected chi connectivity index (χ4v) is 1.10. The Kier molecular flexibility index (Phi) is 3.08. The molecule has 6 nitrogen and oxygen atoms in total. The fourth-order valence-electron chi connectivity index (χ4n) is 1.10. The third-order valence-corrected chi connectivity index (χ3v) is 1.80. The molecule has 0 saturated heterocycles. The summed E-state index contributed by atoms with van der Waals surface area (Å²) < 4.78 is 9.66. The first-order valence-corrected chi connectivity index (χ1v) is 3.92. The van der Waals surface area contributed by atoms with E-state index < -0.39 is 4.92 Å². The van der Waals surface area contributed by atoms with Crippen molar-refractivity contribution in [3.63, 3.8) is 0 Å². The van der Waals surface area contributed by atoms with Crippen LogP contribution in [0, 0.1) is 16.7 Å². The summed E-state index contributed by atoms with van der Waals surface area (Å²) in [5.74, 6) is 0.212. The van der Waals surface area contributed by atoms with Crippen molar-refractivity contribution in [2.45, 2.75) is 0 Å². The average Bonchev–Trinajstić information content (AvgIpc) is 2.26. The van der Waals surface area contributed by atoms with Crippen LogP contribution in [0.15, 0.2) is 12.1 Å². The summed E-state index contributed by atoms with van der Waals surface area (Å²) in [6, 6.07) is 2.45. The molecule has 0 aliphatic carbocycles. The zero-order valence-electron chi connectivity index (χ0n) is 8.18. The molecule has 0 radical (unpaired) electrons. The minimum atomic E-state index is -0.588. The topological polar surface area (TPSA) is 66.0 Å². The van der Waals surface area contributed by atoms with Crippen molar-refractivity contribution in [2.24, 2.45) is 0 Å². The summed E-state index contributed by atoms with van der Waals surface area (Å²) in [6.07, 6.45) is 0. The van der Waals surface area contributed by atoms with Crippen LogP contribution >= 0.6 is 0 Å². The van der Waals surface area contributed by atoms with Crippen molar-refractivity contribution in [1.82, 2.24) is 0 Å². The normalized spacial score (nSPS) is 9.13. The van der Waals surface area contributed by atoms with Crippen LogP contribution in [-0.4, -0.2) is 19.1 Å². The largest absolute Gasteiger partial charge is 0.508 e. The van der Waals surface area contributed by atoms with Gasteiger partial charge in [0.05, 0.1) is 31.8 Å². The molecule has 0 heterocycles. The highest BCUT2D eigenvalue weighted by Crippen LogP contribution is 2.38. The predicted octanol–water partition coefficient (Wildman–Crippen LogP) is 2.16. The highest BCUT2D eigenvalue weighted by Gasteiger charge is 2.19. The van der Waals surface area contributed by atoms with Gasteiger partial charge in [-0.2, -0.15) is 0 Å². The van der Waals surface area contributed by atoms with Crippen LogP contribution in [0.2, 0.25) is 0 Å². The van der Waals surface area contributed by atoms with Crippen LogP contribution in [-0.2, 0) is 0 Å². The number of benzene rings is 1. The zero-order chi connectivity index (χ0) is 11.4. The lowest BCUT2D eigenvalue weighted by atomic mass is 10.2. The van der Waals surface area contributed by atoms with Crippen molar-refractivity contribution in [1.29, 1.82) is 0 Å². The van der Waals surface area contributed by atoms with Gasteiger partial charge in [-0.1, -0.05) is 0 Å². The molecule has 6 heteroatoms. The van der Waals surface area contributed by atoms with Crippen LogP contribution in [0.1, 0.15) is 0 Å². The predicted molar refractivity (Wildman–Crippen MR) is 52.5 cm³/mol. The second kappa shape index (κ2) is 4.28. The molecule has 0 atom stereocenters. The summed E-state index contributed by atoms with van der Waals surface area (Å²) in [4.78, 5) is 13.2. The van der Waals surface area contributed by atoms with Crippen molar-refractivity contribution in [2.75, 3.05) is 14.2 Å². The standard InChI is InChI=1S/C9H8N2O4/c1-10-6-4-9(15-3)7(11(12)13)5-8(6)14-2/h4-5H,2-3H3. The van der Waals surface area contributed by atoms with E-state index in [1.54, 1.807) is 0 Å². The number of hydrogen-bond donors (Lipinski definition) is 0. The summed E-state index contributed by atoms with van der Waals surface area (Å²) in [5, 5.41) is 10.6. The molecule has 0 fully saturated rings. The Morgan fingerprint density at radius 2 is 1.93 bits per heavy atom. The molecule has 0 aliphatic rings. The number of nitro benzene ring substituents is 1. The van der Waals surface area contributed by atoms with Crippen LogP contribution < -0.4 is 9.47 Å². The van der Waals surface area contributed by atoms with E-state index >= 15 is 0 Å². The molecule has 1 rings (SSSR count). The molecular formula is C9H8N2O4. The monoisotopic (exact) mass is 208 g/mol. The second-order valence-corrected chi connectivity index (χ2v) is 2.56. The summed E-state index contributed by atoms with van der Waals surface area (Å²) in [6.45, 7) is 6.86. The average molecular weight is 208 g/mol. The molecule has 1 aromatic rings. The van der Waals surface area contributed by atoms with Crippen molar-refractivity contribution >= 4 is 11.4 Å². The van der Waals surface area contributed by atoms with Crippen LogP contribution in [0.5, 0.6) is 11.5 Å². The second-order valence-electron chi connectivity index (χ2n) is 2.56. The lowest BCUT2D eigenvalue weighted by molar-refractivity contribution is -0.385. The van der Waals surface area contributed by atoms with Gasteiger partial charge >= 0.3 is 5.69 Å². The van der Waals surface area contributed by atoms with Gasteiger partial charge in [-0.15, -0.1) is 0 Å². The van der Waals surface area contributed by atoms with Crippen molar-refractivity contribution in [3.8, 4) is 11.5 Å². The van der Waals surface area contributed by atoms with E-state index in [4.69, 9.17) is 16.0 Å². The van der Waals surface area contributed by atoms with E-state index in [-0.39, 0.29) is 22.9 Å². The Labute approximate surface area is 86.0 Å². The number of nitrogens with zero attached hydrogens (tertiary/aromatic N) is 2. The molecule has 0 saturated carbocycles. The van der Waals surface area contributed by atoms with E-state index in [9.17, 15) is 10.1 Å². The molecule has 0 unspecified atom stereocenters. The molecule has 0 spiro atoms. The summed E-state index contributed by atoms with van der Waals surface area (Å²) >= 11 is 0. The molecule has 15 heavy (non-hydrogen) atoms. The maximum atomic E-state index is 10.6. The Morgan fingerprint density at radius 1 is 1.33 bits per heavy atom. The number of methoxy groups -OCH3 is 2. The number of hydrogen-bond acceptors (Lipinski definition) is 4. The molecule has 1 aromatic carbocycles. The third kappa shape index (κ3) is 1.96. The smallest absolute Gasteiger partial charge is 0.311 e. The lowest BCUT2D eigenvalue weighted by Gasteiger charge is -2.06. The van der Waals surface area contributed by atoms with Gasteiger partial charge in [0.1, 0.15) is 5.75 Å². The van der Waals surface area contributed by atoms with E-state index in [0.29, 0.717) is 0 Å². The Hall–Kier alpha value is -2.29. The van der Waals surface area contributed by atoms with Gasteiger partial charge in [0.2, 0.25) is 5.69 Å². The number of nitro groups is 1. The van der Waals surface area contributed by atoms with E-state index in [0.717, 1.165) is 0 Å². The highest BCUT2D eigenvalue weighted by molar-refractivity contribution is 5.67. The Morgan fingerprint density at radius 3 is 2.33 bits per heavy atom. The molecule has 0 aliphatic heterocycles. The highest BCUT2D eigenvalue weighted by atomic mass is 16.6. The SMILES string of the molecule is [C-]#[N+]c1cc(OC)c([N+](=O)[O-])cc1OC. The van der Waals surface area contributed by atoms with Gasteiger partial charge in [0.25, 0.3) is 0 Å². The maximum absolute atomic E-state index is 10.6. The Bertz CT molecular complexity index is 436. The molecular weight excluding hydrogens is 200 g/mol. The summed E-state index contributed by atoms with van der Waals surface area (Å²) in [7, 11) is 2.66. The Balaban J connectivity index is 3.42. The molecule has 78 valence electrons. The van der Waals surface area contributed by atoms with Gasteiger partial charge in [-0.25, -0.2) is 4.85 Å². The third-order valence-electron chi connectivity index (χ3n) is 1.80. The summed E-state index contributed by atoms with van der Waals surface area (Å²) in [5.41, 5.74) is -0.0401. The first-order chi connectivity index (χ1) is 7.13. The minimum Gasteiger partial charge on any atom is -0.508 e.